The van der Waals surface area contributed by atoms with E-state index in [1.807, 2.05) is 13.8 Å². The van der Waals surface area contributed by atoms with Gasteiger partial charge in [0.1, 0.15) is 12.2 Å². The molecule has 0 saturated heterocycles. The zero-order valence-electron chi connectivity index (χ0n) is 17.9. The van der Waals surface area contributed by atoms with Crippen molar-refractivity contribution in [3.63, 3.8) is 0 Å². The first-order valence-electron chi connectivity index (χ1n) is 10.0. The third kappa shape index (κ3) is 6.21. The fraction of sp³-hybridized carbons (Fsp3) is 0.429. The standard InChI is InChI=1S/C21H26Cl2N4O4/c1-5-15(6-2)25-17-10-13(4)24-21(20(17)27(29)30)26(12-19(28)31-7-3)18-9-8-14(22)11-16(18)23/h8-11,15H,5-7,12H2,1-4H3,(H,24,25). The Labute approximate surface area is 191 Å². The van der Waals surface area contributed by atoms with Crippen LogP contribution in [0.3, 0.4) is 0 Å². The Morgan fingerprint density at radius 3 is 2.48 bits per heavy atom. The number of hydrogen-bond acceptors (Lipinski definition) is 7. The van der Waals surface area contributed by atoms with Crippen LogP contribution in [-0.4, -0.2) is 35.1 Å². The van der Waals surface area contributed by atoms with Crippen molar-refractivity contribution in [2.45, 2.75) is 46.6 Å². The van der Waals surface area contributed by atoms with Gasteiger partial charge in [-0.3, -0.25) is 14.9 Å². The van der Waals surface area contributed by atoms with Crippen LogP contribution in [0.15, 0.2) is 24.3 Å². The van der Waals surface area contributed by atoms with Gasteiger partial charge < -0.3 is 15.0 Å². The van der Waals surface area contributed by atoms with Gasteiger partial charge in [0.2, 0.25) is 5.82 Å². The number of nitrogens with zero attached hydrogens (tertiary/aromatic N) is 3. The molecule has 8 nitrogen and oxygen atoms in total. The van der Waals surface area contributed by atoms with Crippen molar-refractivity contribution in [2.75, 3.05) is 23.4 Å². The molecule has 1 N–H and O–H groups in total. The first-order chi connectivity index (χ1) is 14.7. The minimum absolute atomic E-state index is 0.00395. The molecule has 2 rings (SSSR count). The number of aromatic nitrogens is 1. The normalized spacial score (nSPS) is 10.8. The van der Waals surface area contributed by atoms with Crippen LogP contribution in [-0.2, 0) is 9.53 Å². The number of pyridine rings is 1. The first kappa shape index (κ1) is 24.7. The Bertz CT molecular complexity index is 951. The summed E-state index contributed by atoms with van der Waals surface area (Å²) in [7, 11) is 0. The first-order valence-corrected chi connectivity index (χ1v) is 10.8. The molecule has 1 aromatic heterocycles. The molecule has 0 fully saturated rings. The van der Waals surface area contributed by atoms with E-state index in [2.05, 4.69) is 10.3 Å². The predicted octanol–water partition coefficient (Wildman–Crippen LogP) is 5.91. The Morgan fingerprint density at radius 2 is 1.94 bits per heavy atom. The summed E-state index contributed by atoms with van der Waals surface area (Å²) in [4.78, 5) is 29.8. The minimum Gasteiger partial charge on any atom is -0.465 e. The minimum atomic E-state index is -0.569. The number of hydrogen-bond donors (Lipinski definition) is 1. The van der Waals surface area contributed by atoms with Gasteiger partial charge in [-0.15, -0.1) is 0 Å². The summed E-state index contributed by atoms with van der Waals surface area (Å²) in [6.45, 7) is 7.29. The van der Waals surface area contributed by atoms with Crippen LogP contribution < -0.4 is 10.2 Å². The number of benzene rings is 1. The number of rotatable bonds is 10. The molecule has 1 aromatic carbocycles. The van der Waals surface area contributed by atoms with Crippen LogP contribution in [0.2, 0.25) is 10.0 Å². The van der Waals surface area contributed by atoms with Crippen molar-refractivity contribution in [1.29, 1.82) is 0 Å². The Morgan fingerprint density at radius 1 is 1.26 bits per heavy atom. The second-order valence-electron chi connectivity index (χ2n) is 6.89. The van der Waals surface area contributed by atoms with E-state index in [1.54, 1.807) is 32.0 Å². The van der Waals surface area contributed by atoms with Crippen molar-refractivity contribution in [1.82, 2.24) is 4.98 Å². The summed E-state index contributed by atoms with van der Waals surface area (Å²) in [5, 5.41) is 16.0. The number of carbonyl (C=O) groups excluding carboxylic acids is 1. The molecule has 1 heterocycles. The second kappa shape index (κ2) is 11.2. The quantitative estimate of drug-likeness (QED) is 0.263. The van der Waals surface area contributed by atoms with Crippen LogP contribution >= 0.6 is 23.2 Å². The van der Waals surface area contributed by atoms with Gasteiger partial charge in [0.25, 0.3) is 0 Å². The zero-order chi connectivity index (χ0) is 23.1. The summed E-state index contributed by atoms with van der Waals surface area (Å²) in [6.07, 6.45) is 1.58. The van der Waals surface area contributed by atoms with Gasteiger partial charge in [-0.1, -0.05) is 37.0 Å². The van der Waals surface area contributed by atoms with Gasteiger partial charge in [0.15, 0.2) is 0 Å². The van der Waals surface area contributed by atoms with Crippen molar-refractivity contribution >= 4 is 52.1 Å². The van der Waals surface area contributed by atoms with Crippen LogP contribution in [0.4, 0.5) is 22.9 Å². The molecule has 0 aliphatic carbocycles. The molecule has 0 spiro atoms. The van der Waals surface area contributed by atoms with E-state index in [1.165, 1.54) is 11.0 Å². The highest BCUT2D eigenvalue weighted by molar-refractivity contribution is 6.36. The molecular weight excluding hydrogens is 443 g/mol. The third-order valence-electron chi connectivity index (χ3n) is 4.68. The molecule has 168 valence electrons. The Hall–Kier alpha value is -2.58. The Balaban J connectivity index is 2.72. The SMILES string of the molecule is CCOC(=O)CN(c1ccc(Cl)cc1Cl)c1nc(C)cc(NC(CC)CC)c1[N+](=O)[O-]. The second-order valence-corrected chi connectivity index (χ2v) is 7.73. The van der Waals surface area contributed by atoms with Crippen molar-refractivity contribution in [3.05, 3.63) is 50.1 Å². The fourth-order valence-corrected chi connectivity index (χ4v) is 3.66. The molecule has 0 bridgehead atoms. The highest BCUT2D eigenvalue weighted by Gasteiger charge is 2.31. The van der Waals surface area contributed by atoms with Crippen LogP contribution in [0.1, 0.15) is 39.3 Å². The van der Waals surface area contributed by atoms with E-state index in [4.69, 9.17) is 27.9 Å². The number of ether oxygens (including phenoxy) is 1. The van der Waals surface area contributed by atoms with E-state index in [9.17, 15) is 14.9 Å². The topological polar surface area (TPSA) is 97.6 Å². The summed E-state index contributed by atoms with van der Waals surface area (Å²) >= 11 is 12.4. The molecule has 10 heteroatoms. The van der Waals surface area contributed by atoms with Gasteiger partial charge in [-0.05, 0) is 51.0 Å². The van der Waals surface area contributed by atoms with Crippen molar-refractivity contribution in [3.8, 4) is 0 Å². The number of nitrogens with one attached hydrogen (secondary N) is 1. The molecule has 0 aliphatic heterocycles. The maximum Gasteiger partial charge on any atom is 0.334 e. The average molecular weight is 469 g/mol. The van der Waals surface area contributed by atoms with E-state index < -0.39 is 10.9 Å². The van der Waals surface area contributed by atoms with Gasteiger partial charge in [-0.25, -0.2) is 4.98 Å². The van der Waals surface area contributed by atoms with Gasteiger partial charge in [0, 0.05) is 16.8 Å². The lowest BCUT2D eigenvalue weighted by atomic mass is 10.1. The van der Waals surface area contributed by atoms with Crippen LogP contribution in [0, 0.1) is 17.0 Å². The summed E-state index contributed by atoms with van der Waals surface area (Å²) in [5.74, 6) is -0.573. The number of aryl methyl sites for hydroxylation is 1. The molecule has 0 atom stereocenters. The fourth-order valence-electron chi connectivity index (χ4n) is 3.15. The third-order valence-corrected chi connectivity index (χ3v) is 5.22. The lowest BCUT2D eigenvalue weighted by Gasteiger charge is -2.25. The van der Waals surface area contributed by atoms with E-state index >= 15 is 0 Å². The van der Waals surface area contributed by atoms with E-state index in [0.717, 1.165) is 12.8 Å². The number of halogens is 2. The molecule has 0 saturated carbocycles. The molecule has 0 unspecified atom stereocenters. The number of esters is 1. The molecule has 0 amide bonds. The molecule has 31 heavy (non-hydrogen) atoms. The zero-order valence-corrected chi connectivity index (χ0v) is 19.5. The summed E-state index contributed by atoms with van der Waals surface area (Å²) < 4.78 is 5.08. The van der Waals surface area contributed by atoms with Crippen LogP contribution in [0.25, 0.3) is 0 Å². The maximum atomic E-state index is 12.4. The predicted molar refractivity (Wildman–Crippen MR) is 124 cm³/mol. The smallest absolute Gasteiger partial charge is 0.334 e. The van der Waals surface area contributed by atoms with Gasteiger partial charge >= 0.3 is 11.7 Å². The number of nitro groups is 1. The number of anilines is 3. The lowest BCUT2D eigenvalue weighted by molar-refractivity contribution is -0.383. The van der Waals surface area contributed by atoms with Crippen molar-refractivity contribution < 1.29 is 14.5 Å². The van der Waals surface area contributed by atoms with Crippen molar-refractivity contribution in [2.24, 2.45) is 0 Å². The summed E-state index contributed by atoms with van der Waals surface area (Å²) in [6, 6.07) is 6.36. The highest BCUT2D eigenvalue weighted by atomic mass is 35.5. The summed E-state index contributed by atoms with van der Waals surface area (Å²) in [5.41, 5.74) is 0.995. The van der Waals surface area contributed by atoms with E-state index in [0.29, 0.717) is 22.1 Å². The molecule has 0 aliphatic rings. The van der Waals surface area contributed by atoms with Crippen LogP contribution in [0.5, 0.6) is 0 Å². The van der Waals surface area contributed by atoms with E-state index in [-0.39, 0.29) is 35.7 Å². The molecular formula is C21H26Cl2N4O4. The Kier molecular flexibility index (Phi) is 8.88. The monoisotopic (exact) mass is 468 g/mol. The van der Waals surface area contributed by atoms with Gasteiger partial charge in [-0.2, -0.15) is 0 Å². The van der Waals surface area contributed by atoms with Gasteiger partial charge in [0.05, 0.1) is 22.2 Å². The molecule has 0 radical (unpaired) electrons. The average Bonchev–Trinajstić information content (AvgIpc) is 2.70. The number of carbonyl (C=O) groups is 1. The largest absolute Gasteiger partial charge is 0.465 e. The highest BCUT2D eigenvalue weighted by Crippen LogP contribution is 2.41. The lowest BCUT2D eigenvalue weighted by Crippen LogP contribution is -2.29. The molecule has 2 aromatic rings. The maximum absolute atomic E-state index is 12.4.